The van der Waals surface area contributed by atoms with Crippen LogP contribution in [-0.4, -0.2) is 58.6 Å². The van der Waals surface area contributed by atoms with Gasteiger partial charge >= 0.3 is 0 Å². The second kappa shape index (κ2) is 11.2. The zero-order valence-corrected chi connectivity index (χ0v) is 22.6. The maximum atomic E-state index is 13.3. The van der Waals surface area contributed by atoms with Crippen LogP contribution in [0.1, 0.15) is 73.4 Å². The van der Waals surface area contributed by atoms with Crippen molar-refractivity contribution in [2.75, 3.05) is 26.2 Å². The second-order valence-corrected chi connectivity index (χ2v) is 11.3. The van der Waals surface area contributed by atoms with E-state index < -0.39 is 5.91 Å². The molecule has 40 heavy (non-hydrogen) atoms. The van der Waals surface area contributed by atoms with Gasteiger partial charge in [-0.15, -0.1) is 0 Å². The first-order valence-corrected chi connectivity index (χ1v) is 14.1. The SMILES string of the molecule is NC(=O)c1ccc(CN2CCC3=C(C2)c2cc(C(=O)CC4CCN(C(=O)c5ccncc5)CC4)ccc2C3)cc1. The van der Waals surface area contributed by atoms with Gasteiger partial charge in [0, 0.05) is 68.2 Å². The summed E-state index contributed by atoms with van der Waals surface area (Å²) in [7, 11) is 0. The third-order valence-corrected chi connectivity index (χ3v) is 8.65. The molecule has 6 rings (SSSR count). The lowest BCUT2D eigenvalue weighted by molar-refractivity contribution is 0.0680. The van der Waals surface area contributed by atoms with Crippen molar-refractivity contribution in [2.45, 2.75) is 38.6 Å². The Morgan fingerprint density at radius 2 is 1.60 bits per heavy atom. The molecule has 0 saturated carbocycles. The summed E-state index contributed by atoms with van der Waals surface area (Å²) in [4.78, 5) is 45.8. The molecule has 2 amide bonds. The Morgan fingerprint density at radius 1 is 0.875 bits per heavy atom. The van der Waals surface area contributed by atoms with Gasteiger partial charge in [0.25, 0.3) is 5.91 Å². The number of primary amides is 1. The molecule has 3 aliphatic rings. The fraction of sp³-hybridized carbons (Fsp3) is 0.333. The Kier molecular flexibility index (Phi) is 7.30. The molecule has 0 radical (unpaired) electrons. The van der Waals surface area contributed by atoms with Gasteiger partial charge in [-0.05, 0) is 84.2 Å². The number of hydrogen-bond acceptors (Lipinski definition) is 5. The highest BCUT2D eigenvalue weighted by Gasteiger charge is 2.29. The molecule has 2 aromatic carbocycles. The van der Waals surface area contributed by atoms with E-state index in [4.69, 9.17) is 5.73 Å². The lowest BCUT2D eigenvalue weighted by Gasteiger charge is -2.32. The highest BCUT2D eigenvalue weighted by atomic mass is 16.2. The Morgan fingerprint density at radius 3 is 2.33 bits per heavy atom. The molecular formula is C33H34N4O3. The van der Waals surface area contributed by atoms with Crippen LogP contribution in [0.15, 0.2) is 72.6 Å². The number of rotatable bonds is 7. The van der Waals surface area contributed by atoms with Crippen molar-refractivity contribution in [2.24, 2.45) is 11.7 Å². The highest BCUT2D eigenvalue weighted by Crippen LogP contribution is 2.39. The van der Waals surface area contributed by atoms with Crippen LogP contribution >= 0.6 is 0 Å². The Bertz CT molecular complexity index is 1470. The molecule has 3 aromatic rings. The molecular weight excluding hydrogens is 500 g/mol. The molecule has 3 heterocycles. The number of hydrogen-bond donors (Lipinski definition) is 1. The predicted octanol–water partition coefficient (Wildman–Crippen LogP) is 4.52. The third kappa shape index (κ3) is 5.47. The lowest BCUT2D eigenvalue weighted by Crippen LogP contribution is -2.38. The molecule has 1 fully saturated rings. The normalized spacial score (nSPS) is 17.4. The number of piperidine rings is 1. The summed E-state index contributed by atoms with van der Waals surface area (Å²) < 4.78 is 0. The molecule has 1 aliphatic carbocycles. The molecule has 0 atom stereocenters. The summed E-state index contributed by atoms with van der Waals surface area (Å²) >= 11 is 0. The highest BCUT2D eigenvalue weighted by molar-refractivity contribution is 5.98. The molecule has 0 spiro atoms. The van der Waals surface area contributed by atoms with E-state index in [1.165, 1.54) is 22.3 Å². The van der Waals surface area contributed by atoms with Crippen LogP contribution in [0.25, 0.3) is 5.57 Å². The minimum Gasteiger partial charge on any atom is -0.366 e. The minimum atomic E-state index is -0.409. The van der Waals surface area contributed by atoms with E-state index in [1.807, 2.05) is 23.1 Å². The maximum absolute atomic E-state index is 13.3. The van der Waals surface area contributed by atoms with Gasteiger partial charge in [-0.25, -0.2) is 0 Å². The van der Waals surface area contributed by atoms with Crippen LogP contribution in [-0.2, 0) is 13.0 Å². The van der Waals surface area contributed by atoms with Gasteiger partial charge in [0.15, 0.2) is 5.78 Å². The fourth-order valence-electron chi connectivity index (χ4n) is 6.31. The standard InChI is InChI=1S/C33H34N4O3/c34-32(39)24-3-1-23(2-4-24)20-36-14-11-27-18-26-5-6-28(19-29(26)30(27)21-36)31(38)17-22-9-15-37(16-10-22)33(40)25-7-12-35-13-8-25/h1-8,12-13,19,22H,9-11,14-18,20-21H2,(H2,34,39). The van der Waals surface area contributed by atoms with Crippen molar-refractivity contribution in [3.63, 3.8) is 0 Å². The topological polar surface area (TPSA) is 96.6 Å². The van der Waals surface area contributed by atoms with E-state index in [2.05, 4.69) is 22.0 Å². The number of nitrogens with zero attached hydrogens (tertiary/aromatic N) is 3. The zero-order chi connectivity index (χ0) is 27.6. The van der Waals surface area contributed by atoms with E-state index >= 15 is 0 Å². The summed E-state index contributed by atoms with van der Waals surface area (Å²) in [5.74, 6) is 0.119. The average molecular weight is 535 g/mol. The second-order valence-electron chi connectivity index (χ2n) is 11.3. The lowest BCUT2D eigenvalue weighted by atomic mass is 9.88. The minimum absolute atomic E-state index is 0.0408. The third-order valence-electron chi connectivity index (χ3n) is 8.65. The van der Waals surface area contributed by atoms with Gasteiger partial charge in [0.05, 0.1) is 0 Å². The first-order valence-electron chi connectivity index (χ1n) is 14.1. The summed E-state index contributed by atoms with van der Waals surface area (Å²) in [6, 6.07) is 17.3. The predicted molar refractivity (Wildman–Crippen MR) is 154 cm³/mol. The van der Waals surface area contributed by atoms with Crippen molar-refractivity contribution in [3.05, 3.63) is 106 Å². The number of benzene rings is 2. The number of nitrogens with two attached hydrogens (primary N) is 1. The average Bonchev–Trinajstić information content (AvgIpc) is 3.35. The van der Waals surface area contributed by atoms with E-state index in [0.717, 1.165) is 56.4 Å². The maximum Gasteiger partial charge on any atom is 0.253 e. The summed E-state index contributed by atoms with van der Waals surface area (Å²) in [6.45, 7) is 4.04. The Labute approximate surface area is 234 Å². The zero-order valence-electron chi connectivity index (χ0n) is 22.6. The van der Waals surface area contributed by atoms with Gasteiger partial charge in [0.2, 0.25) is 5.91 Å². The van der Waals surface area contributed by atoms with Crippen LogP contribution in [0.2, 0.25) is 0 Å². The number of likely N-dealkylation sites (tertiary alicyclic amines) is 1. The molecule has 7 nitrogen and oxygen atoms in total. The molecule has 0 bridgehead atoms. The van der Waals surface area contributed by atoms with E-state index in [-0.39, 0.29) is 11.7 Å². The van der Waals surface area contributed by atoms with Gasteiger partial charge in [-0.2, -0.15) is 0 Å². The number of carbonyl (C=O) groups excluding carboxylic acids is 3. The Hall–Kier alpha value is -4.10. The smallest absolute Gasteiger partial charge is 0.253 e. The summed E-state index contributed by atoms with van der Waals surface area (Å²) in [6.07, 6.45) is 7.51. The number of pyridine rings is 1. The Balaban J connectivity index is 1.07. The largest absolute Gasteiger partial charge is 0.366 e. The van der Waals surface area contributed by atoms with Crippen LogP contribution in [0.3, 0.4) is 0 Å². The van der Waals surface area contributed by atoms with E-state index in [1.54, 1.807) is 36.7 Å². The van der Waals surface area contributed by atoms with Crippen LogP contribution in [0.4, 0.5) is 0 Å². The summed E-state index contributed by atoms with van der Waals surface area (Å²) in [5, 5.41) is 0. The van der Waals surface area contributed by atoms with Gasteiger partial charge in [-0.3, -0.25) is 24.3 Å². The number of Topliss-reactive ketones (excluding diaryl/α,β-unsaturated/α-hetero) is 1. The van der Waals surface area contributed by atoms with Crippen molar-refractivity contribution in [1.82, 2.24) is 14.8 Å². The van der Waals surface area contributed by atoms with Crippen LogP contribution in [0.5, 0.6) is 0 Å². The van der Waals surface area contributed by atoms with Crippen molar-refractivity contribution in [1.29, 1.82) is 0 Å². The van der Waals surface area contributed by atoms with Gasteiger partial charge in [-0.1, -0.05) is 29.8 Å². The van der Waals surface area contributed by atoms with Crippen LogP contribution in [0, 0.1) is 5.92 Å². The molecule has 7 heteroatoms. The molecule has 1 aromatic heterocycles. The fourth-order valence-corrected chi connectivity index (χ4v) is 6.31. The first-order chi connectivity index (χ1) is 19.4. The van der Waals surface area contributed by atoms with Crippen molar-refractivity contribution >= 4 is 23.2 Å². The van der Waals surface area contributed by atoms with Crippen molar-refractivity contribution in [3.8, 4) is 0 Å². The molecule has 204 valence electrons. The monoisotopic (exact) mass is 534 g/mol. The number of fused-ring (bicyclic) bond motifs is 2. The van der Waals surface area contributed by atoms with Crippen LogP contribution < -0.4 is 5.73 Å². The number of amides is 2. The van der Waals surface area contributed by atoms with E-state index in [0.29, 0.717) is 36.6 Å². The first kappa shape index (κ1) is 26.1. The quantitative estimate of drug-likeness (QED) is 0.450. The molecule has 2 aliphatic heterocycles. The van der Waals surface area contributed by atoms with Gasteiger partial charge in [0.1, 0.15) is 0 Å². The van der Waals surface area contributed by atoms with Gasteiger partial charge < -0.3 is 10.6 Å². The molecule has 0 unspecified atom stereocenters. The molecule has 1 saturated heterocycles. The van der Waals surface area contributed by atoms with E-state index in [9.17, 15) is 14.4 Å². The summed E-state index contributed by atoms with van der Waals surface area (Å²) in [5.41, 5.74) is 13.9. The number of ketones is 1. The number of aromatic nitrogens is 1. The number of carbonyl (C=O) groups is 3. The van der Waals surface area contributed by atoms with Crippen molar-refractivity contribution < 1.29 is 14.4 Å². The molecule has 2 N–H and O–H groups in total.